The van der Waals surface area contributed by atoms with E-state index in [2.05, 4.69) is 10.6 Å². The largest absolute Gasteiger partial charge is 0.392 e. The number of amides is 2. The van der Waals surface area contributed by atoms with Gasteiger partial charge in [-0.2, -0.15) is 0 Å². The molecular formula is C22H25N3O5S. The quantitative estimate of drug-likeness (QED) is 0.603. The fourth-order valence-corrected chi connectivity index (χ4v) is 4.69. The van der Waals surface area contributed by atoms with Crippen molar-refractivity contribution >= 4 is 21.8 Å². The van der Waals surface area contributed by atoms with Gasteiger partial charge in [0.2, 0.25) is 11.8 Å². The lowest BCUT2D eigenvalue weighted by Crippen LogP contribution is -2.51. The average molecular weight is 444 g/mol. The van der Waals surface area contributed by atoms with Gasteiger partial charge in [0.05, 0.1) is 24.0 Å². The molecule has 0 aromatic heterocycles. The number of carbonyl (C=O) groups is 2. The van der Waals surface area contributed by atoms with Crippen molar-refractivity contribution in [1.29, 1.82) is 0 Å². The summed E-state index contributed by atoms with van der Waals surface area (Å²) in [4.78, 5) is 25.1. The second kappa shape index (κ2) is 9.32. The summed E-state index contributed by atoms with van der Waals surface area (Å²) in [5.74, 6) is -1.04. The third-order valence-electron chi connectivity index (χ3n) is 5.07. The van der Waals surface area contributed by atoms with Crippen LogP contribution < -0.4 is 10.6 Å². The Morgan fingerprint density at radius 3 is 2.42 bits per heavy atom. The molecule has 9 heteroatoms. The lowest BCUT2D eigenvalue weighted by molar-refractivity contribution is -0.129. The molecule has 0 saturated carbocycles. The molecular weight excluding hydrogens is 418 g/mol. The first-order valence-electron chi connectivity index (χ1n) is 9.78. The van der Waals surface area contributed by atoms with Gasteiger partial charge in [-0.05, 0) is 37.1 Å². The smallest absolute Gasteiger partial charge is 0.264 e. The molecule has 164 valence electrons. The normalized spacial score (nSPS) is 17.2. The number of benzene rings is 2. The molecule has 2 amide bonds. The van der Waals surface area contributed by atoms with Gasteiger partial charge in [-0.15, -0.1) is 0 Å². The molecule has 0 saturated heterocycles. The van der Waals surface area contributed by atoms with E-state index >= 15 is 0 Å². The predicted molar refractivity (Wildman–Crippen MR) is 115 cm³/mol. The third kappa shape index (κ3) is 5.12. The van der Waals surface area contributed by atoms with Crippen molar-refractivity contribution in [3.05, 3.63) is 77.6 Å². The van der Waals surface area contributed by atoms with Crippen LogP contribution in [0.3, 0.4) is 0 Å². The Morgan fingerprint density at radius 1 is 1.16 bits per heavy atom. The van der Waals surface area contributed by atoms with E-state index in [1.165, 1.54) is 24.5 Å². The molecule has 0 spiro atoms. The molecule has 0 aliphatic carbocycles. The van der Waals surface area contributed by atoms with Gasteiger partial charge in [-0.1, -0.05) is 42.0 Å². The van der Waals surface area contributed by atoms with Crippen LogP contribution in [0.4, 0.5) is 0 Å². The fraction of sp³-hybridized carbons (Fsp3) is 0.273. The summed E-state index contributed by atoms with van der Waals surface area (Å²) in [6.07, 6.45) is 2.17. The maximum Gasteiger partial charge on any atom is 0.264 e. The molecule has 1 aliphatic heterocycles. The van der Waals surface area contributed by atoms with E-state index < -0.39 is 27.9 Å². The van der Waals surface area contributed by atoms with Crippen LogP contribution in [0.15, 0.2) is 65.8 Å². The van der Waals surface area contributed by atoms with E-state index in [0.717, 1.165) is 21.0 Å². The minimum absolute atomic E-state index is 0.0419. The first-order valence-corrected chi connectivity index (χ1v) is 11.2. The number of rotatable bonds is 7. The minimum atomic E-state index is -4.01. The van der Waals surface area contributed by atoms with Gasteiger partial charge in [0.25, 0.3) is 10.0 Å². The van der Waals surface area contributed by atoms with Gasteiger partial charge in [0, 0.05) is 12.4 Å². The molecule has 31 heavy (non-hydrogen) atoms. The number of aliphatic hydroxyl groups is 1. The molecule has 0 radical (unpaired) electrons. The fourth-order valence-electron chi connectivity index (χ4n) is 3.24. The summed E-state index contributed by atoms with van der Waals surface area (Å²) in [7, 11) is -4.01. The number of aliphatic hydroxyl groups excluding tert-OH is 1. The van der Waals surface area contributed by atoms with E-state index in [0.29, 0.717) is 0 Å². The van der Waals surface area contributed by atoms with Gasteiger partial charge in [-0.25, -0.2) is 8.42 Å². The monoisotopic (exact) mass is 443 g/mol. The highest BCUT2D eigenvalue weighted by atomic mass is 32.2. The molecule has 2 atom stereocenters. The standard InChI is InChI=1S/C22H25N3O5S/c1-15-3-9-19(10-4-15)31(29,30)25-12-11-23-22(28)20(25)13-21(27)24-16(2)18-7-5-17(14-26)6-8-18/h3-12,16,20,26H,13-14H2,1-2H3,(H,23,28)(H,24,27)/t16-,20-/m1/s1. The third-order valence-corrected chi connectivity index (χ3v) is 6.87. The van der Waals surface area contributed by atoms with Crippen LogP contribution in [0, 0.1) is 6.92 Å². The number of aryl methyl sites for hydroxylation is 1. The highest BCUT2D eigenvalue weighted by molar-refractivity contribution is 7.89. The first kappa shape index (κ1) is 22.5. The summed E-state index contributed by atoms with van der Waals surface area (Å²) in [6.45, 7) is 3.56. The van der Waals surface area contributed by atoms with E-state index in [-0.39, 0.29) is 24.0 Å². The Labute approximate surface area is 181 Å². The highest BCUT2D eigenvalue weighted by Gasteiger charge is 2.37. The van der Waals surface area contributed by atoms with Crippen LogP contribution in [0.25, 0.3) is 0 Å². The Kier molecular flexibility index (Phi) is 6.77. The lowest BCUT2D eigenvalue weighted by atomic mass is 10.1. The molecule has 3 rings (SSSR count). The van der Waals surface area contributed by atoms with E-state index in [1.54, 1.807) is 43.3 Å². The second-order valence-corrected chi connectivity index (χ2v) is 9.22. The predicted octanol–water partition coefficient (Wildman–Crippen LogP) is 1.72. The van der Waals surface area contributed by atoms with Crippen LogP contribution in [0.5, 0.6) is 0 Å². The topological polar surface area (TPSA) is 116 Å². The minimum Gasteiger partial charge on any atom is -0.392 e. The van der Waals surface area contributed by atoms with Gasteiger partial charge in [-0.3, -0.25) is 13.9 Å². The van der Waals surface area contributed by atoms with Crippen LogP contribution in [0.1, 0.15) is 36.1 Å². The molecule has 0 bridgehead atoms. The van der Waals surface area contributed by atoms with Crippen molar-refractivity contribution in [3.8, 4) is 0 Å². The van der Waals surface area contributed by atoms with E-state index in [1.807, 2.05) is 6.92 Å². The molecule has 0 unspecified atom stereocenters. The zero-order valence-corrected chi connectivity index (χ0v) is 18.1. The van der Waals surface area contributed by atoms with Crippen molar-refractivity contribution in [1.82, 2.24) is 14.9 Å². The number of sulfonamides is 1. The zero-order chi connectivity index (χ0) is 22.6. The Bertz CT molecular complexity index is 1080. The van der Waals surface area contributed by atoms with Gasteiger partial charge in [0.1, 0.15) is 6.04 Å². The number of nitrogens with one attached hydrogen (secondary N) is 2. The molecule has 1 heterocycles. The Hall–Kier alpha value is -3.17. The van der Waals surface area contributed by atoms with Crippen molar-refractivity contribution < 1.29 is 23.1 Å². The Balaban J connectivity index is 1.75. The van der Waals surface area contributed by atoms with Crippen molar-refractivity contribution in [2.24, 2.45) is 0 Å². The van der Waals surface area contributed by atoms with Gasteiger partial charge in [0.15, 0.2) is 0 Å². The van der Waals surface area contributed by atoms with Crippen molar-refractivity contribution in [2.75, 3.05) is 0 Å². The maximum atomic E-state index is 13.1. The highest BCUT2D eigenvalue weighted by Crippen LogP contribution is 2.23. The Morgan fingerprint density at radius 2 is 1.81 bits per heavy atom. The summed E-state index contributed by atoms with van der Waals surface area (Å²) in [6, 6.07) is 11.8. The summed E-state index contributed by atoms with van der Waals surface area (Å²) >= 11 is 0. The number of nitrogens with zero attached hydrogens (tertiary/aromatic N) is 1. The molecule has 2 aromatic carbocycles. The second-order valence-electron chi connectivity index (χ2n) is 7.38. The number of hydrogen-bond donors (Lipinski definition) is 3. The molecule has 3 N–H and O–H groups in total. The first-order chi connectivity index (χ1) is 14.7. The molecule has 0 fully saturated rings. The lowest BCUT2D eigenvalue weighted by Gasteiger charge is -2.31. The zero-order valence-electron chi connectivity index (χ0n) is 17.3. The maximum absolute atomic E-state index is 13.1. The number of hydrogen-bond acceptors (Lipinski definition) is 5. The molecule has 8 nitrogen and oxygen atoms in total. The van der Waals surface area contributed by atoms with Crippen LogP contribution in [-0.2, 0) is 26.2 Å². The molecule has 1 aliphatic rings. The molecule has 2 aromatic rings. The van der Waals surface area contributed by atoms with Crippen LogP contribution >= 0.6 is 0 Å². The van der Waals surface area contributed by atoms with E-state index in [9.17, 15) is 18.0 Å². The SMILES string of the molecule is Cc1ccc(S(=O)(=O)N2C=CNC(=O)[C@H]2CC(=O)N[C@H](C)c2ccc(CO)cc2)cc1. The summed E-state index contributed by atoms with van der Waals surface area (Å²) in [5.41, 5.74) is 2.48. The van der Waals surface area contributed by atoms with Crippen LogP contribution in [-0.4, -0.2) is 35.7 Å². The van der Waals surface area contributed by atoms with Gasteiger partial charge < -0.3 is 15.7 Å². The van der Waals surface area contributed by atoms with Crippen molar-refractivity contribution in [2.45, 2.75) is 43.9 Å². The van der Waals surface area contributed by atoms with E-state index in [4.69, 9.17) is 5.11 Å². The summed E-state index contributed by atoms with van der Waals surface area (Å²) in [5, 5.41) is 14.4. The summed E-state index contributed by atoms with van der Waals surface area (Å²) < 4.78 is 27.1. The van der Waals surface area contributed by atoms with Crippen molar-refractivity contribution in [3.63, 3.8) is 0 Å². The van der Waals surface area contributed by atoms with Crippen LogP contribution in [0.2, 0.25) is 0 Å². The number of carbonyl (C=O) groups excluding carboxylic acids is 2. The average Bonchev–Trinajstić information content (AvgIpc) is 2.75. The van der Waals surface area contributed by atoms with Gasteiger partial charge >= 0.3 is 0 Å².